The molecular formula is C22H24FN3O4S2. The van der Waals surface area contributed by atoms with Crippen molar-refractivity contribution in [3.63, 3.8) is 0 Å². The highest BCUT2D eigenvalue weighted by Crippen LogP contribution is 2.33. The molecule has 170 valence electrons. The quantitative estimate of drug-likeness (QED) is 0.517. The fraction of sp³-hybridized carbons (Fsp3) is 0.409. The molecule has 3 aromatic rings. The summed E-state index contributed by atoms with van der Waals surface area (Å²) in [5, 5.41) is 0.461. The second-order valence-electron chi connectivity index (χ2n) is 8.22. The summed E-state index contributed by atoms with van der Waals surface area (Å²) < 4.78 is 51.1. The van der Waals surface area contributed by atoms with Gasteiger partial charge in [0.15, 0.2) is 0 Å². The van der Waals surface area contributed by atoms with Crippen molar-refractivity contribution in [1.82, 2.24) is 14.2 Å². The molecule has 0 unspecified atom stereocenters. The van der Waals surface area contributed by atoms with Crippen LogP contribution in [0.5, 0.6) is 16.7 Å². The lowest BCUT2D eigenvalue weighted by Crippen LogP contribution is -2.55. The van der Waals surface area contributed by atoms with Crippen LogP contribution in [0.2, 0.25) is 0 Å². The molecule has 5 rings (SSSR count). The first kappa shape index (κ1) is 21.6. The maximum absolute atomic E-state index is 13.3. The predicted octanol–water partition coefficient (Wildman–Crippen LogP) is 3.71. The zero-order valence-electron chi connectivity index (χ0n) is 17.6. The second-order valence-corrected chi connectivity index (χ2v) is 11.2. The van der Waals surface area contributed by atoms with E-state index in [-0.39, 0.29) is 17.9 Å². The third-order valence-corrected chi connectivity index (χ3v) is 8.18. The van der Waals surface area contributed by atoms with Crippen molar-refractivity contribution in [2.24, 2.45) is 0 Å². The van der Waals surface area contributed by atoms with Crippen LogP contribution in [0.25, 0.3) is 10.2 Å². The topological polar surface area (TPSA) is 72.0 Å². The number of hydrogen-bond donors (Lipinski definition) is 0. The van der Waals surface area contributed by atoms with Crippen LogP contribution in [-0.4, -0.2) is 67.2 Å². The van der Waals surface area contributed by atoms with Gasteiger partial charge in [-0.2, -0.15) is 4.31 Å². The van der Waals surface area contributed by atoms with Gasteiger partial charge >= 0.3 is 0 Å². The number of piperazine rings is 1. The van der Waals surface area contributed by atoms with Crippen LogP contribution in [-0.2, 0) is 10.0 Å². The fourth-order valence-corrected chi connectivity index (χ4v) is 6.23. The third kappa shape index (κ3) is 4.59. The summed E-state index contributed by atoms with van der Waals surface area (Å²) in [7, 11) is -3.13. The minimum atomic E-state index is -3.13. The van der Waals surface area contributed by atoms with Crippen LogP contribution in [0.4, 0.5) is 4.39 Å². The van der Waals surface area contributed by atoms with Gasteiger partial charge in [0.05, 0.1) is 16.5 Å². The van der Waals surface area contributed by atoms with Crippen molar-refractivity contribution >= 4 is 31.6 Å². The molecule has 2 aromatic carbocycles. The van der Waals surface area contributed by atoms with Crippen LogP contribution < -0.4 is 9.47 Å². The Kier molecular flexibility index (Phi) is 5.79. The SMILES string of the molecule is CS(=O)(=O)N1C[C@H]2CC[C@@H](C1)N2CCOc1ccc(Oc2nc3ccc(F)cc3s2)cc1. The maximum atomic E-state index is 13.3. The minimum absolute atomic E-state index is 0.269. The first-order valence-corrected chi connectivity index (χ1v) is 13.2. The smallest absolute Gasteiger partial charge is 0.279 e. The molecule has 32 heavy (non-hydrogen) atoms. The van der Waals surface area contributed by atoms with Gasteiger partial charge in [-0.1, -0.05) is 11.3 Å². The largest absolute Gasteiger partial charge is 0.492 e. The molecule has 10 heteroatoms. The number of benzene rings is 2. The van der Waals surface area contributed by atoms with Crippen LogP contribution >= 0.6 is 11.3 Å². The monoisotopic (exact) mass is 477 g/mol. The van der Waals surface area contributed by atoms with E-state index in [0.29, 0.717) is 36.2 Å². The van der Waals surface area contributed by atoms with E-state index in [9.17, 15) is 12.8 Å². The molecule has 2 atom stereocenters. The number of nitrogens with zero attached hydrogens (tertiary/aromatic N) is 3. The van der Waals surface area contributed by atoms with E-state index in [1.54, 1.807) is 10.4 Å². The normalized spacial score (nSPS) is 21.8. The standard InChI is InChI=1S/C22H24FN3O4S2/c1-32(27,28)25-13-16-3-4-17(14-25)26(16)10-11-29-18-5-7-19(8-6-18)30-22-24-20-9-2-15(23)12-21(20)31-22/h2,5-9,12,16-17H,3-4,10-11,13-14H2,1H3/t16-,17+. The molecule has 0 amide bonds. The molecule has 2 bridgehead atoms. The molecule has 0 N–H and O–H groups in total. The maximum Gasteiger partial charge on any atom is 0.279 e. The number of hydrogen-bond acceptors (Lipinski definition) is 7. The summed E-state index contributed by atoms with van der Waals surface area (Å²) in [6, 6.07) is 12.3. The highest BCUT2D eigenvalue weighted by Gasteiger charge is 2.42. The summed E-state index contributed by atoms with van der Waals surface area (Å²) in [6.07, 6.45) is 3.34. The lowest BCUT2D eigenvalue weighted by Gasteiger charge is -2.39. The summed E-state index contributed by atoms with van der Waals surface area (Å²) in [5.41, 5.74) is 0.706. The molecule has 2 aliphatic heterocycles. The molecule has 7 nitrogen and oxygen atoms in total. The van der Waals surface area contributed by atoms with Gasteiger partial charge in [-0.15, -0.1) is 0 Å². The van der Waals surface area contributed by atoms with Crippen molar-refractivity contribution in [1.29, 1.82) is 0 Å². The Morgan fingerprint density at radius 3 is 2.47 bits per heavy atom. The van der Waals surface area contributed by atoms with Gasteiger partial charge in [-0.3, -0.25) is 4.90 Å². The molecule has 2 saturated heterocycles. The van der Waals surface area contributed by atoms with Gasteiger partial charge in [-0.05, 0) is 55.3 Å². The lowest BCUT2D eigenvalue weighted by atomic mass is 10.2. The van der Waals surface area contributed by atoms with Crippen molar-refractivity contribution in [2.75, 3.05) is 32.5 Å². The lowest BCUT2D eigenvalue weighted by molar-refractivity contribution is 0.0930. The van der Waals surface area contributed by atoms with E-state index in [1.165, 1.54) is 29.7 Å². The van der Waals surface area contributed by atoms with Crippen LogP contribution in [0.15, 0.2) is 42.5 Å². The predicted molar refractivity (Wildman–Crippen MR) is 122 cm³/mol. The highest BCUT2D eigenvalue weighted by molar-refractivity contribution is 7.88. The number of aromatic nitrogens is 1. The number of rotatable bonds is 7. The first-order chi connectivity index (χ1) is 15.3. The van der Waals surface area contributed by atoms with Gasteiger partial charge in [0.2, 0.25) is 10.0 Å². The minimum Gasteiger partial charge on any atom is -0.492 e. The first-order valence-electron chi connectivity index (χ1n) is 10.5. The summed E-state index contributed by atoms with van der Waals surface area (Å²) in [5.74, 6) is 1.08. The van der Waals surface area contributed by atoms with Crippen LogP contribution in [0, 0.1) is 5.82 Å². The van der Waals surface area contributed by atoms with Crippen molar-refractivity contribution in [2.45, 2.75) is 24.9 Å². The molecule has 0 radical (unpaired) electrons. The fourth-order valence-electron chi connectivity index (χ4n) is 4.48. The zero-order chi connectivity index (χ0) is 22.3. The Morgan fingerprint density at radius 1 is 1.09 bits per heavy atom. The summed E-state index contributed by atoms with van der Waals surface area (Å²) in [4.78, 5) is 6.75. The zero-order valence-corrected chi connectivity index (χ0v) is 19.2. The number of halogens is 1. The molecule has 0 aliphatic carbocycles. The molecule has 0 spiro atoms. The Bertz CT molecular complexity index is 1200. The average Bonchev–Trinajstić information content (AvgIpc) is 3.23. The van der Waals surface area contributed by atoms with Crippen molar-refractivity contribution < 1.29 is 22.3 Å². The molecule has 2 aliphatic rings. The van der Waals surface area contributed by atoms with E-state index in [2.05, 4.69) is 9.88 Å². The summed E-state index contributed by atoms with van der Waals surface area (Å²) >= 11 is 1.30. The number of ether oxygens (including phenoxy) is 2. The van der Waals surface area contributed by atoms with Gasteiger partial charge in [0.25, 0.3) is 5.19 Å². The highest BCUT2D eigenvalue weighted by atomic mass is 32.2. The second kappa shape index (κ2) is 8.58. The van der Waals surface area contributed by atoms with Gasteiger partial charge in [0, 0.05) is 31.7 Å². The van der Waals surface area contributed by atoms with E-state index in [4.69, 9.17) is 9.47 Å². The van der Waals surface area contributed by atoms with E-state index >= 15 is 0 Å². The van der Waals surface area contributed by atoms with Crippen LogP contribution in [0.3, 0.4) is 0 Å². The molecule has 3 heterocycles. The third-order valence-electron chi connectivity index (χ3n) is 6.05. The van der Waals surface area contributed by atoms with Crippen LogP contribution in [0.1, 0.15) is 12.8 Å². The Morgan fingerprint density at radius 2 is 1.78 bits per heavy atom. The average molecular weight is 478 g/mol. The van der Waals surface area contributed by atoms with Gasteiger partial charge < -0.3 is 9.47 Å². The molecule has 2 fully saturated rings. The molecule has 1 aromatic heterocycles. The van der Waals surface area contributed by atoms with Crippen molar-refractivity contribution in [3.05, 3.63) is 48.3 Å². The van der Waals surface area contributed by atoms with E-state index in [0.717, 1.165) is 29.8 Å². The molecular weight excluding hydrogens is 453 g/mol. The Balaban J connectivity index is 1.14. The number of thiazole rings is 1. The summed E-state index contributed by atoms with van der Waals surface area (Å²) in [6.45, 7) is 2.45. The molecule has 0 saturated carbocycles. The van der Waals surface area contributed by atoms with E-state index < -0.39 is 10.0 Å². The number of sulfonamides is 1. The Hall–Kier alpha value is -2.27. The van der Waals surface area contributed by atoms with E-state index in [1.807, 2.05) is 24.3 Å². The number of fused-ring (bicyclic) bond motifs is 3. The van der Waals surface area contributed by atoms with Gasteiger partial charge in [0.1, 0.15) is 23.9 Å². The van der Waals surface area contributed by atoms with Crippen molar-refractivity contribution in [3.8, 4) is 16.7 Å². The Labute approximate surface area is 190 Å². The van der Waals surface area contributed by atoms with Gasteiger partial charge in [-0.25, -0.2) is 17.8 Å².